The van der Waals surface area contributed by atoms with Gasteiger partial charge in [0.25, 0.3) is 0 Å². The molecule has 1 spiro atoms. The Labute approximate surface area is 199 Å². The summed E-state index contributed by atoms with van der Waals surface area (Å²) < 4.78 is 23.8. The van der Waals surface area contributed by atoms with E-state index >= 15 is 0 Å². The molecule has 4 bridgehead atoms. The molecule has 10 atom stereocenters. The Balaban J connectivity index is 1.55. The van der Waals surface area contributed by atoms with Gasteiger partial charge in [-0.3, -0.25) is 0 Å². The second kappa shape index (κ2) is 8.66. The van der Waals surface area contributed by atoms with E-state index in [1.54, 1.807) is 18.3 Å². The second-order valence-electron chi connectivity index (χ2n) is 10.2. The maximum atomic E-state index is 12.8. The van der Waals surface area contributed by atoms with E-state index in [1.165, 1.54) is 7.11 Å². The predicted octanol–water partition coefficient (Wildman–Crippen LogP) is 2.65. The number of H-pyrrole nitrogens is 1. The Morgan fingerprint density at radius 2 is 2.09 bits per heavy atom. The van der Waals surface area contributed by atoms with Crippen LogP contribution in [0.2, 0.25) is 0 Å². The molecule has 2 aliphatic carbocycles. The molecular formula is C26H33NO7. The highest BCUT2D eigenvalue weighted by molar-refractivity contribution is 5.87. The zero-order chi connectivity index (χ0) is 24.2. The van der Waals surface area contributed by atoms with Crippen LogP contribution in [0.25, 0.3) is 0 Å². The number of nitrogens with one attached hydrogen (secondary N) is 1. The monoisotopic (exact) mass is 471 g/mol. The third-order valence-electron chi connectivity index (χ3n) is 8.20. The highest BCUT2D eigenvalue weighted by atomic mass is 16.6. The van der Waals surface area contributed by atoms with Gasteiger partial charge in [-0.1, -0.05) is 32.1 Å². The number of aliphatic hydroxyl groups is 1. The van der Waals surface area contributed by atoms with E-state index in [4.69, 9.17) is 18.9 Å². The summed E-state index contributed by atoms with van der Waals surface area (Å²) in [6, 6.07) is 3.40. The first kappa shape index (κ1) is 23.3. The Bertz CT molecular complexity index is 1000. The van der Waals surface area contributed by atoms with Crippen LogP contribution in [0.3, 0.4) is 0 Å². The molecule has 1 saturated heterocycles. The maximum absolute atomic E-state index is 12.8. The number of carbonyl (C=O) groups is 2. The fraction of sp³-hybridized carbons (Fsp3) is 0.615. The first-order chi connectivity index (χ1) is 16.3. The summed E-state index contributed by atoms with van der Waals surface area (Å²) in [6.07, 6.45) is 5.76. The van der Waals surface area contributed by atoms with E-state index in [0.29, 0.717) is 12.1 Å². The van der Waals surface area contributed by atoms with Crippen molar-refractivity contribution in [3.05, 3.63) is 47.8 Å². The first-order valence-corrected chi connectivity index (χ1v) is 12.0. The molecule has 0 unspecified atom stereocenters. The molecule has 1 saturated carbocycles. The Kier molecular flexibility index (Phi) is 5.94. The van der Waals surface area contributed by atoms with Crippen molar-refractivity contribution < 1.29 is 33.6 Å². The number of methoxy groups -OCH3 is 1. The molecule has 8 nitrogen and oxygen atoms in total. The molecule has 34 heavy (non-hydrogen) atoms. The summed E-state index contributed by atoms with van der Waals surface area (Å²) in [4.78, 5) is 28.3. The molecule has 2 N–H and O–H groups in total. The third-order valence-corrected chi connectivity index (χ3v) is 8.20. The van der Waals surface area contributed by atoms with Gasteiger partial charge < -0.3 is 29.0 Å². The van der Waals surface area contributed by atoms with E-state index in [0.717, 1.165) is 5.57 Å². The molecule has 2 aliphatic heterocycles. The fourth-order valence-corrected chi connectivity index (χ4v) is 6.58. The van der Waals surface area contributed by atoms with E-state index in [9.17, 15) is 14.7 Å². The van der Waals surface area contributed by atoms with Gasteiger partial charge in [-0.2, -0.15) is 0 Å². The molecule has 2 fully saturated rings. The van der Waals surface area contributed by atoms with E-state index in [-0.39, 0.29) is 42.2 Å². The van der Waals surface area contributed by atoms with Gasteiger partial charge in [0.15, 0.2) is 6.10 Å². The third kappa shape index (κ3) is 3.46. The number of aliphatic hydroxyl groups excluding tert-OH is 1. The number of esters is 2. The topological polar surface area (TPSA) is 107 Å². The van der Waals surface area contributed by atoms with E-state index in [2.05, 4.69) is 23.2 Å². The van der Waals surface area contributed by atoms with Gasteiger partial charge in [-0.05, 0) is 31.1 Å². The van der Waals surface area contributed by atoms with E-state index in [1.807, 2.05) is 20.8 Å². The largest absolute Gasteiger partial charge is 0.463 e. The number of hydrogen-bond acceptors (Lipinski definition) is 7. The quantitative estimate of drug-likeness (QED) is 0.516. The Morgan fingerprint density at radius 1 is 1.29 bits per heavy atom. The lowest BCUT2D eigenvalue weighted by atomic mass is 9.57. The van der Waals surface area contributed by atoms with Gasteiger partial charge in [0.05, 0.1) is 12.7 Å². The molecule has 5 rings (SSSR count). The molecule has 0 aromatic carbocycles. The van der Waals surface area contributed by atoms with Crippen LogP contribution >= 0.6 is 0 Å². The lowest BCUT2D eigenvalue weighted by molar-refractivity contribution is -0.159. The number of hydrogen-bond donors (Lipinski definition) is 2. The summed E-state index contributed by atoms with van der Waals surface area (Å²) in [5.74, 6) is -1.75. The number of cyclic esters (lactones) is 1. The molecule has 1 aromatic rings. The number of aromatic amines is 1. The van der Waals surface area contributed by atoms with Gasteiger partial charge in [0.2, 0.25) is 0 Å². The number of aromatic nitrogens is 1. The molecule has 0 radical (unpaired) electrons. The van der Waals surface area contributed by atoms with Gasteiger partial charge in [-0.25, -0.2) is 9.59 Å². The highest BCUT2D eigenvalue weighted by Crippen LogP contribution is 2.61. The Morgan fingerprint density at radius 3 is 2.79 bits per heavy atom. The fourth-order valence-electron chi connectivity index (χ4n) is 6.58. The van der Waals surface area contributed by atoms with Crippen LogP contribution in [0, 0.1) is 29.6 Å². The summed E-state index contributed by atoms with van der Waals surface area (Å²) in [6.45, 7) is 6.18. The minimum atomic E-state index is -0.825. The lowest BCUT2D eigenvalue weighted by Crippen LogP contribution is -2.57. The smallest absolute Gasteiger partial charge is 0.355 e. The van der Waals surface area contributed by atoms with Crippen molar-refractivity contribution in [2.75, 3.05) is 13.7 Å². The predicted molar refractivity (Wildman–Crippen MR) is 122 cm³/mol. The van der Waals surface area contributed by atoms with Gasteiger partial charge in [0.1, 0.15) is 23.5 Å². The summed E-state index contributed by atoms with van der Waals surface area (Å²) in [5.41, 5.74) is 0.539. The molecule has 0 amide bonds. The molecule has 3 heterocycles. The van der Waals surface area contributed by atoms with Crippen molar-refractivity contribution in [2.24, 2.45) is 29.6 Å². The molecule has 184 valence electrons. The van der Waals surface area contributed by atoms with Crippen LogP contribution in [0.15, 0.2) is 42.1 Å². The SMILES string of the molecule is CO[C@H]1C[C@H]2C=C[C@H]3[C@H]4O[C@]2(/C(C)=C/[C@@H](C)COC1=O)[C@@H]3[C@H](O)[C@@H](C)[C@H]4OC(=O)c1ccc[nH]1. The second-order valence-corrected chi connectivity index (χ2v) is 10.2. The standard InChI is InChI=1S/C26H33NO7/c1-13-10-14(2)26-16(11-19(31-4)25(30)32-12-13)7-8-17-20(26)21(28)15(3)22(23(17)34-26)33-24(29)18-6-5-9-27-18/h5-10,13,15-17,19-23,27-28H,11-12H2,1-4H3/b14-10+/t13-,15-,16-,17-,19+,20+,21-,22-,23-,26+/m1/s1. The molecule has 4 aliphatic rings. The summed E-state index contributed by atoms with van der Waals surface area (Å²) in [5, 5.41) is 11.6. The van der Waals surface area contributed by atoms with Crippen molar-refractivity contribution >= 4 is 11.9 Å². The minimum absolute atomic E-state index is 0.0286. The van der Waals surface area contributed by atoms with Gasteiger partial charge in [-0.15, -0.1) is 0 Å². The maximum Gasteiger partial charge on any atom is 0.355 e. The zero-order valence-electron chi connectivity index (χ0n) is 20.0. The van der Waals surface area contributed by atoms with Crippen LogP contribution in [-0.4, -0.2) is 65.8 Å². The first-order valence-electron chi connectivity index (χ1n) is 12.0. The Hall–Kier alpha value is -2.42. The summed E-state index contributed by atoms with van der Waals surface area (Å²) in [7, 11) is 1.51. The van der Waals surface area contributed by atoms with Crippen molar-refractivity contribution in [2.45, 2.75) is 57.2 Å². The van der Waals surface area contributed by atoms with Crippen LogP contribution in [0.1, 0.15) is 37.7 Å². The van der Waals surface area contributed by atoms with Crippen LogP contribution < -0.4 is 0 Å². The van der Waals surface area contributed by atoms with Crippen molar-refractivity contribution in [1.29, 1.82) is 0 Å². The lowest BCUT2D eigenvalue weighted by Gasteiger charge is -2.48. The average Bonchev–Trinajstić information content (AvgIpc) is 3.41. The number of ether oxygens (including phenoxy) is 4. The van der Waals surface area contributed by atoms with Crippen molar-refractivity contribution in [3.8, 4) is 0 Å². The minimum Gasteiger partial charge on any atom is -0.463 e. The summed E-state index contributed by atoms with van der Waals surface area (Å²) >= 11 is 0. The number of carbonyl (C=O) groups excluding carboxylic acids is 2. The molecule has 8 heteroatoms. The van der Waals surface area contributed by atoms with Crippen molar-refractivity contribution in [1.82, 2.24) is 4.98 Å². The zero-order valence-corrected chi connectivity index (χ0v) is 20.0. The number of rotatable bonds is 3. The van der Waals surface area contributed by atoms with E-state index < -0.39 is 36.0 Å². The van der Waals surface area contributed by atoms with Gasteiger partial charge in [0, 0.05) is 42.9 Å². The highest BCUT2D eigenvalue weighted by Gasteiger charge is 2.69. The van der Waals surface area contributed by atoms with Crippen LogP contribution in [0.4, 0.5) is 0 Å². The normalized spacial score (nSPS) is 45.0. The van der Waals surface area contributed by atoms with Crippen LogP contribution in [0.5, 0.6) is 0 Å². The van der Waals surface area contributed by atoms with Crippen molar-refractivity contribution in [3.63, 3.8) is 0 Å². The molecular weight excluding hydrogens is 438 g/mol. The van der Waals surface area contributed by atoms with Gasteiger partial charge >= 0.3 is 11.9 Å². The molecule has 1 aromatic heterocycles. The average molecular weight is 472 g/mol. The van der Waals surface area contributed by atoms with Crippen LogP contribution in [-0.2, 0) is 23.7 Å².